The van der Waals surface area contributed by atoms with Gasteiger partial charge < -0.3 is 54.7 Å². The summed E-state index contributed by atoms with van der Waals surface area (Å²) in [4.78, 5) is 51.7. The molecule has 6 fully saturated rings. The largest absolute Gasteiger partial charge is 0.481 e. The summed E-state index contributed by atoms with van der Waals surface area (Å²) >= 11 is 0. The number of ether oxygens (including phenoxy) is 4. The molecule has 350 valence electrons. The summed E-state index contributed by atoms with van der Waals surface area (Å²) in [6.07, 6.45) is -15.4. The van der Waals surface area contributed by atoms with Crippen LogP contribution in [0.5, 0.6) is 0 Å². The van der Waals surface area contributed by atoms with Gasteiger partial charge in [0.15, 0.2) is 30.6 Å². The maximum atomic E-state index is 14.9. The summed E-state index contributed by atoms with van der Waals surface area (Å²) in [5.74, 6) is -5.10. The maximum Gasteiger partial charge on any atom is 0.397 e. The summed E-state index contributed by atoms with van der Waals surface area (Å²) in [5.41, 5.74) is -2.32. The van der Waals surface area contributed by atoms with Crippen LogP contribution in [0, 0.1) is 50.2 Å². The van der Waals surface area contributed by atoms with Gasteiger partial charge in [-0.3, -0.25) is 14.1 Å². The zero-order chi connectivity index (χ0) is 46.1. The Bertz CT molecular complexity index is 1990. The van der Waals surface area contributed by atoms with Crippen LogP contribution in [-0.4, -0.2) is 140 Å². The standard InChI is InChI=1S/C42H62O19S/c1-37(2)21-8-11-42(7)31(20(43)16-18-19-17-39(4,36(52)53)13-12-38(19,3)14-15-41(18,42)6)40(21,5)10-9-22(37)57-35-30(27(61-62(54,55)56)26(47)29(59-35)33(50)51)60-34-25(46)23(44)24(45)28(58-34)32(48)49/h16,19,21-31,34-35,44-47H,8-15,17H2,1-7H3,(H,48,49)(H,50,51)(H,52,53)(H,54,55,56)/t19-,21-,22-,23-,24-,25+,26-,27-,28-,29-,30+,31+,34-,35-,38+,39-,40-,41+,42+/m0/s1. The number of allylic oxidation sites excluding steroid dienone is 2. The second kappa shape index (κ2) is 15.5. The van der Waals surface area contributed by atoms with Crippen LogP contribution in [0.1, 0.15) is 106 Å². The van der Waals surface area contributed by atoms with Gasteiger partial charge in [0.05, 0.1) is 11.5 Å². The van der Waals surface area contributed by atoms with E-state index in [1.165, 1.54) is 0 Å². The van der Waals surface area contributed by atoms with Gasteiger partial charge in [-0.15, -0.1) is 0 Å². The van der Waals surface area contributed by atoms with Crippen LogP contribution in [0.3, 0.4) is 0 Å². The number of fused-ring (bicyclic) bond motifs is 7. The molecule has 19 atom stereocenters. The number of carbonyl (C=O) groups is 4. The summed E-state index contributed by atoms with van der Waals surface area (Å²) in [7, 11) is -5.49. The van der Waals surface area contributed by atoms with Crippen molar-refractivity contribution >= 4 is 34.1 Å². The average Bonchev–Trinajstić information content (AvgIpc) is 3.15. The van der Waals surface area contributed by atoms with Crippen molar-refractivity contribution in [2.45, 2.75) is 174 Å². The molecular formula is C42H62O19S. The molecule has 8 N–H and O–H groups in total. The highest BCUT2D eigenvalue weighted by molar-refractivity contribution is 7.80. The first-order chi connectivity index (χ1) is 28.5. The van der Waals surface area contributed by atoms with Gasteiger partial charge in [-0.05, 0) is 110 Å². The lowest BCUT2D eigenvalue weighted by molar-refractivity contribution is -0.369. The van der Waals surface area contributed by atoms with Crippen LogP contribution in [0.25, 0.3) is 0 Å². The number of carboxylic acids is 3. The van der Waals surface area contributed by atoms with Crippen LogP contribution < -0.4 is 0 Å². The molecule has 4 saturated carbocycles. The van der Waals surface area contributed by atoms with E-state index in [0.717, 1.165) is 24.8 Å². The van der Waals surface area contributed by atoms with E-state index in [9.17, 15) is 67.9 Å². The maximum absolute atomic E-state index is 14.9. The quantitative estimate of drug-likeness (QED) is 0.121. The van der Waals surface area contributed by atoms with E-state index in [-0.39, 0.29) is 29.5 Å². The highest BCUT2D eigenvalue weighted by Crippen LogP contribution is 2.75. The number of aliphatic hydroxyl groups is 4. The first kappa shape index (κ1) is 47.3. The minimum atomic E-state index is -5.49. The smallest absolute Gasteiger partial charge is 0.397 e. The van der Waals surface area contributed by atoms with Crippen LogP contribution in [-0.2, 0) is 52.7 Å². The summed E-state index contributed by atoms with van der Waals surface area (Å²) in [6, 6.07) is 0. The van der Waals surface area contributed by atoms with E-state index >= 15 is 0 Å². The fourth-order valence-electron chi connectivity index (χ4n) is 13.6. The second-order valence-electron chi connectivity index (χ2n) is 21.1. The van der Waals surface area contributed by atoms with Crippen molar-refractivity contribution in [3.05, 3.63) is 11.6 Å². The van der Waals surface area contributed by atoms with Crippen LogP contribution >= 0.6 is 0 Å². The Labute approximate surface area is 360 Å². The number of hydrogen-bond donors (Lipinski definition) is 8. The molecule has 5 aliphatic carbocycles. The van der Waals surface area contributed by atoms with E-state index in [0.29, 0.717) is 32.1 Å². The Morgan fingerprint density at radius 3 is 1.92 bits per heavy atom. The predicted molar refractivity (Wildman–Crippen MR) is 210 cm³/mol. The molecule has 0 radical (unpaired) electrons. The van der Waals surface area contributed by atoms with Crippen molar-refractivity contribution in [2.24, 2.45) is 50.2 Å². The van der Waals surface area contributed by atoms with Crippen molar-refractivity contribution in [2.75, 3.05) is 0 Å². The first-order valence-electron chi connectivity index (χ1n) is 21.4. The molecule has 7 aliphatic rings. The lowest BCUT2D eigenvalue weighted by Gasteiger charge is -2.70. The molecule has 19 nitrogen and oxygen atoms in total. The Hall–Kier alpha value is -2.63. The highest BCUT2D eigenvalue weighted by atomic mass is 32.3. The monoisotopic (exact) mass is 902 g/mol. The zero-order valence-electron chi connectivity index (χ0n) is 36.0. The lowest BCUT2D eigenvalue weighted by Crippen LogP contribution is -2.68. The van der Waals surface area contributed by atoms with Gasteiger partial charge in [0.25, 0.3) is 0 Å². The molecule has 2 aliphatic heterocycles. The summed E-state index contributed by atoms with van der Waals surface area (Å²) < 4.78 is 62.0. The van der Waals surface area contributed by atoms with Crippen LogP contribution in [0.2, 0.25) is 0 Å². The number of carbonyl (C=O) groups excluding carboxylic acids is 1. The van der Waals surface area contributed by atoms with Gasteiger partial charge in [-0.25, -0.2) is 13.8 Å². The fourth-order valence-corrected chi connectivity index (χ4v) is 14.1. The van der Waals surface area contributed by atoms with E-state index in [1.54, 1.807) is 6.92 Å². The first-order valence-corrected chi connectivity index (χ1v) is 22.8. The van der Waals surface area contributed by atoms with Gasteiger partial charge in [0, 0.05) is 5.92 Å². The summed E-state index contributed by atoms with van der Waals surface area (Å²) in [6.45, 7) is 14.5. The van der Waals surface area contributed by atoms with E-state index in [4.69, 9.17) is 23.1 Å². The lowest BCUT2D eigenvalue weighted by atomic mass is 9.33. The van der Waals surface area contributed by atoms with E-state index < -0.39 is 129 Å². The van der Waals surface area contributed by atoms with Crippen molar-refractivity contribution in [3.63, 3.8) is 0 Å². The molecule has 0 aromatic heterocycles. The van der Waals surface area contributed by atoms with Gasteiger partial charge in [-0.1, -0.05) is 47.1 Å². The van der Waals surface area contributed by atoms with Crippen LogP contribution in [0.15, 0.2) is 11.6 Å². The molecule has 2 heterocycles. The van der Waals surface area contributed by atoms with Crippen molar-refractivity contribution in [3.8, 4) is 0 Å². The minimum Gasteiger partial charge on any atom is -0.481 e. The molecule has 2 saturated heterocycles. The third-order valence-corrected chi connectivity index (χ3v) is 17.9. The van der Waals surface area contributed by atoms with Crippen molar-refractivity contribution in [1.82, 2.24) is 0 Å². The molecule has 0 aromatic rings. The number of carboxylic acid groups (broad SMARTS) is 3. The van der Waals surface area contributed by atoms with E-state index in [1.807, 2.05) is 19.9 Å². The summed E-state index contributed by atoms with van der Waals surface area (Å²) in [5, 5.41) is 72.5. The molecule has 20 heteroatoms. The van der Waals surface area contributed by atoms with Gasteiger partial charge in [-0.2, -0.15) is 8.42 Å². The third kappa shape index (κ3) is 7.27. The molecule has 7 rings (SSSR count). The van der Waals surface area contributed by atoms with Gasteiger partial charge >= 0.3 is 28.3 Å². The fraction of sp³-hybridized carbons (Fsp3) is 0.857. The Morgan fingerprint density at radius 2 is 1.32 bits per heavy atom. The van der Waals surface area contributed by atoms with Crippen molar-refractivity contribution in [1.29, 1.82) is 0 Å². The Kier molecular flexibility index (Phi) is 11.8. The number of ketones is 1. The van der Waals surface area contributed by atoms with Gasteiger partial charge in [0.2, 0.25) is 0 Å². The molecule has 0 aromatic carbocycles. The minimum absolute atomic E-state index is 0.000209. The van der Waals surface area contributed by atoms with E-state index in [2.05, 4.69) is 27.7 Å². The Balaban J connectivity index is 1.21. The SMILES string of the molecule is CC1(C)[C@@H](O[C@H]2O[C@H](C(=O)O)[C@@H](O)[C@H](OS(=O)(=O)O)[C@H]2O[C@@H]2O[C@H](C(=O)O)[C@@H](O)[C@H](O)[C@H]2O)CC[C@]2(C)[C@H]3C(=O)C=C4[C@@H]5C[C@@](C)(C(=O)O)CC[C@]5(C)CC[C@@]4(C)[C@]3(C)CC[C@@H]12. The number of hydrogen-bond acceptors (Lipinski definition) is 15. The molecular weight excluding hydrogens is 841 g/mol. The molecule has 0 bridgehead atoms. The predicted octanol–water partition coefficient (Wildman–Crippen LogP) is 2.07. The number of aliphatic hydroxyl groups excluding tert-OH is 4. The normalized spacial score (nSPS) is 50.2. The zero-order valence-corrected chi connectivity index (χ0v) is 36.8. The Morgan fingerprint density at radius 1 is 0.726 bits per heavy atom. The molecule has 0 unspecified atom stereocenters. The van der Waals surface area contributed by atoms with Gasteiger partial charge in [0.1, 0.15) is 36.6 Å². The number of rotatable bonds is 9. The third-order valence-electron chi connectivity index (χ3n) is 17.4. The molecule has 62 heavy (non-hydrogen) atoms. The van der Waals surface area contributed by atoms with Crippen LogP contribution in [0.4, 0.5) is 0 Å². The van der Waals surface area contributed by atoms with Crippen molar-refractivity contribution < 1.29 is 91.0 Å². The molecule has 0 spiro atoms. The molecule has 0 amide bonds. The highest BCUT2D eigenvalue weighted by Gasteiger charge is 2.71. The topological polar surface area (TPSA) is 310 Å². The number of aliphatic carboxylic acids is 3. The average molecular weight is 903 g/mol. The second-order valence-corrected chi connectivity index (χ2v) is 22.2.